The molecular weight excluding hydrogens is 272 g/mol. The minimum atomic E-state index is -3.49. The van der Waals surface area contributed by atoms with Gasteiger partial charge in [-0.15, -0.1) is 0 Å². The van der Waals surface area contributed by atoms with Crippen molar-refractivity contribution in [1.82, 2.24) is 9.29 Å². The molecule has 0 amide bonds. The van der Waals surface area contributed by atoms with E-state index in [0.717, 1.165) is 0 Å². The third-order valence-electron chi connectivity index (χ3n) is 2.41. The highest BCUT2D eigenvalue weighted by molar-refractivity contribution is 7.89. The van der Waals surface area contributed by atoms with Crippen LogP contribution in [0.4, 0.5) is 0 Å². The van der Waals surface area contributed by atoms with Crippen molar-refractivity contribution >= 4 is 22.7 Å². The molecule has 1 aromatic rings. The fourth-order valence-electron chi connectivity index (χ4n) is 1.43. The number of thiol groups is 1. The Labute approximate surface area is 112 Å². The van der Waals surface area contributed by atoms with Crippen LogP contribution in [0, 0.1) is 12.0 Å². The van der Waals surface area contributed by atoms with Crippen molar-refractivity contribution in [3.8, 4) is 17.8 Å². The van der Waals surface area contributed by atoms with Gasteiger partial charge in [0.2, 0.25) is 0 Å². The quantitative estimate of drug-likeness (QED) is 0.657. The lowest BCUT2D eigenvalue weighted by Gasteiger charge is -2.34. The van der Waals surface area contributed by atoms with Gasteiger partial charge in [-0.3, -0.25) is 0 Å². The minimum absolute atomic E-state index is 0.0135. The molecule has 1 aromatic heterocycles. The first-order valence-electron chi connectivity index (χ1n) is 5.27. The SMILES string of the molecule is CC#COc1ccc(S(=O)(=O)N2CC(S)C2)nc1. The zero-order chi connectivity index (χ0) is 13.2. The van der Waals surface area contributed by atoms with E-state index in [4.69, 9.17) is 4.74 Å². The average molecular weight is 284 g/mol. The van der Waals surface area contributed by atoms with Crippen LogP contribution in [0.25, 0.3) is 0 Å². The number of nitrogens with zero attached hydrogens (tertiary/aromatic N) is 2. The van der Waals surface area contributed by atoms with Gasteiger partial charge in [0, 0.05) is 25.3 Å². The summed E-state index contributed by atoms with van der Waals surface area (Å²) in [4.78, 5) is 3.88. The highest BCUT2D eigenvalue weighted by atomic mass is 32.2. The smallest absolute Gasteiger partial charge is 0.260 e. The molecule has 1 fully saturated rings. The molecular formula is C11H12N2O3S2. The highest BCUT2D eigenvalue weighted by Crippen LogP contribution is 2.23. The number of sulfonamides is 1. The van der Waals surface area contributed by atoms with Crippen LogP contribution in [0.3, 0.4) is 0 Å². The molecule has 18 heavy (non-hydrogen) atoms. The second kappa shape index (κ2) is 5.18. The number of pyridine rings is 1. The summed E-state index contributed by atoms with van der Waals surface area (Å²) in [6.07, 6.45) is 3.76. The van der Waals surface area contributed by atoms with E-state index in [2.05, 4.69) is 29.6 Å². The minimum Gasteiger partial charge on any atom is -0.406 e. The Balaban J connectivity index is 2.15. The van der Waals surface area contributed by atoms with Gasteiger partial charge in [0.1, 0.15) is 6.11 Å². The summed E-state index contributed by atoms with van der Waals surface area (Å²) in [5, 5.41) is 0.127. The second-order valence-corrected chi connectivity index (χ2v) is 6.38. The Bertz CT molecular complexity index is 581. The Morgan fingerprint density at radius 1 is 1.50 bits per heavy atom. The van der Waals surface area contributed by atoms with Crippen LogP contribution in [-0.4, -0.2) is 36.0 Å². The van der Waals surface area contributed by atoms with Gasteiger partial charge >= 0.3 is 0 Å². The number of hydrogen-bond donors (Lipinski definition) is 1. The normalized spacial score (nSPS) is 16.6. The van der Waals surface area contributed by atoms with Crippen LogP contribution < -0.4 is 4.74 Å². The van der Waals surface area contributed by atoms with Gasteiger partial charge in [0.25, 0.3) is 10.0 Å². The highest BCUT2D eigenvalue weighted by Gasteiger charge is 2.35. The average Bonchev–Trinajstić information content (AvgIpc) is 2.33. The molecule has 0 spiro atoms. The molecule has 96 valence electrons. The van der Waals surface area contributed by atoms with Crippen molar-refractivity contribution < 1.29 is 13.2 Å². The number of ether oxygens (including phenoxy) is 1. The number of aromatic nitrogens is 1. The van der Waals surface area contributed by atoms with Crippen molar-refractivity contribution in [1.29, 1.82) is 0 Å². The lowest BCUT2D eigenvalue weighted by Crippen LogP contribution is -2.50. The summed E-state index contributed by atoms with van der Waals surface area (Å²) < 4.78 is 30.4. The molecule has 0 atom stereocenters. The fraction of sp³-hybridized carbons (Fsp3) is 0.364. The Morgan fingerprint density at radius 2 is 2.22 bits per heavy atom. The monoisotopic (exact) mass is 284 g/mol. The van der Waals surface area contributed by atoms with Crippen molar-refractivity contribution in [2.45, 2.75) is 17.2 Å². The number of hydrogen-bond acceptors (Lipinski definition) is 5. The lowest BCUT2D eigenvalue weighted by molar-refractivity contribution is 0.320. The van der Waals surface area contributed by atoms with Gasteiger partial charge in [-0.1, -0.05) is 5.92 Å². The maximum atomic E-state index is 12.0. The van der Waals surface area contributed by atoms with Gasteiger partial charge in [0.05, 0.1) is 6.20 Å². The third-order valence-corrected chi connectivity index (χ3v) is 4.49. The molecule has 0 aliphatic carbocycles. The van der Waals surface area contributed by atoms with Crippen LogP contribution in [0.5, 0.6) is 5.75 Å². The van der Waals surface area contributed by atoms with Gasteiger partial charge in [-0.2, -0.15) is 16.9 Å². The molecule has 1 aliphatic rings. The van der Waals surface area contributed by atoms with E-state index < -0.39 is 10.0 Å². The molecule has 5 nitrogen and oxygen atoms in total. The molecule has 1 aliphatic heterocycles. The van der Waals surface area contributed by atoms with E-state index in [-0.39, 0.29) is 10.3 Å². The third kappa shape index (κ3) is 2.61. The van der Waals surface area contributed by atoms with E-state index in [1.165, 1.54) is 22.6 Å². The first kappa shape index (κ1) is 13.2. The van der Waals surface area contributed by atoms with Crippen molar-refractivity contribution in [3.05, 3.63) is 18.3 Å². The first-order chi connectivity index (χ1) is 8.54. The molecule has 1 saturated heterocycles. The zero-order valence-corrected chi connectivity index (χ0v) is 11.4. The van der Waals surface area contributed by atoms with Crippen LogP contribution in [0.2, 0.25) is 0 Å². The molecule has 0 radical (unpaired) electrons. The molecule has 0 unspecified atom stereocenters. The topological polar surface area (TPSA) is 59.5 Å². The summed E-state index contributed by atoms with van der Waals surface area (Å²) in [5.74, 6) is 2.98. The van der Waals surface area contributed by atoms with Gasteiger partial charge < -0.3 is 4.74 Å². The first-order valence-corrected chi connectivity index (χ1v) is 7.22. The van der Waals surface area contributed by atoms with Gasteiger partial charge in [-0.25, -0.2) is 13.4 Å². The van der Waals surface area contributed by atoms with Crippen LogP contribution in [0.1, 0.15) is 6.92 Å². The van der Waals surface area contributed by atoms with Crippen LogP contribution in [-0.2, 0) is 10.0 Å². The molecule has 2 rings (SSSR count). The molecule has 7 heteroatoms. The number of rotatable bonds is 3. The molecule has 0 N–H and O–H groups in total. The van der Waals surface area contributed by atoms with Crippen LogP contribution in [0.15, 0.2) is 23.4 Å². The predicted molar refractivity (Wildman–Crippen MR) is 69.8 cm³/mol. The van der Waals surface area contributed by atoms with Gasteiger partial charge in [0.15, 0.2) is 10.8 Å². The molecule has 2 heterocycles. The zero-order valence-electron chi connectivity index (χ0n) is 9.70. The van der Waals surface area contributed by atoms with E-state index in [1.807, 2.05) is 0 Å². The summed E-state index contributed by atoms with van der Waals surface area (Å²) in [6.45, 7) is 2.49. The Hall–Kier alpha value is -1.23. The maximum Gasteiger partial charge on any atom is 0.260 e. The van der Waals surface area contributed by atoms with E-state index in [0.29, 0.717) is 18.8 Å². The van der Waals surface area contributed by atoms with Crippen molar-refractivity contribution in [2.24, 2.45) is 0 Å². The summed E-state index contributed by atoms with van der Waals surface area (Å²) >= 11 is 4.18. The van der Waals surface area contributed by atoms with E-state index in [9.17, 15) is 8.42 Å². The van der Waals surface area contributed by atoms with Crippen LogP contribution >= 0.6 is 12.6 Å². The summed E-state index contributed by atoms with van der Waals surface area (Å²) in [7, 11) is -3.49. The van der Waals surface area contributed by atoms with Crippen molar-refractivity contribution in [2.75, 3.05) is 13.1 Å². The predicted octanol–water partition coefficient (Wildman–Crippen LogP) is 0.744. The largest absolute Gasteiger partial charge is 0.406 e. The maximum absolute atomic E-state index is 12.0. The van der Waals surface area contributed by atoms with E-state index in [1.54, 1.807) is 6.92 Å². The molecule has 0 saturated carbocycles. The van der Waals surface area contributed by atoms with Crippen molar-refractivity contribution in [3.63, 3.8) is 0 Å². The van der Waals surface area contributed by atoms with E-state index >= 15 is 0 Å². The summed E-state index contributed by atoms with van der Waals surface area (Å²) in [5.41, 5.74) is 0. The van der Waals surface area contributed by atoms with Gasteiger partial charge in [-0.05, 0) is 12.1 Å². The Kier molecular flexibility index (Phi) is 3.80. The standard InChI is InChI=1S/C11H12N2O3S2/c1-2-5-16-9-3-4-11(12-6-9)18(14,15)13-7-10(17)8-13/h3-4,6,10,17H,7-8H2,1H3. The second-order valence-electron chi connectivity index (χ2n) is 3.76. The molecule has 0 bridgehead atoms. The Morgan fingerprint density at radius 3 is 2.72 bits per heavy atom. The molecule has 0 aromatic carbocycles. The summed E-state index contributed by atoms with van der Waals surface area (Å²) in [6, 6.07) is 2.94. The lowest BCUT2D eigenvalue weighted by atomic mass is 10.3. The fourth-order valence-corrected chi connectivity index (χ4v) is 3.49.